The minimum Gasteiger partial charge on any atom is -0.309 e. The molecule has 3 aromatic heterocycles. The highest BCUT2D eigenvalue weighted by Gasteiger charge is 2.19. The summed E-state index contributed by atoms with van der Waals surface area (Å²) in [5.74, 6) is 0.623. The molecule has 0 aliphatic heterocycles. The Kier molecular flexibility index (Phi) is 4.56. The van der Waals surface area contributed by atoms with Crippen molar-refractivity contribution in [1.29, 1.82) is 0 Å². The number of nitrogens with one attached hydrogen (secondary N) is 1. The van der Waals surface area contributed by atoms with Crippen LogP contribution >= 0.6 is 23.1 Å². The number of aromatic amines is 1. The summed E-state index contributed by atoms with van der Waals surface area (Å²) >= 11 is 3.01. The molecule has 0 fully saturated rings. The average Bonchev–Trinajstić information content (AvgIpc) is 3.20. The summed E-state index contributed by atoms with van der Waals surface area (Å²) in [6, 6.07) is 7.93. The fraction of sp³-hybridized carbons (Fsp3) is 0.278. The molecule has 3 heterocycles. The molecule has 4 aromatic rings. The molecule has 7 nitrogen and oxygen atoms in total. The van der Waals surface area contributed by atoms with Crippen LogP contribution in [0.25, 0.3) is 15.9 Å². The molecule has 0 amide bonds. The zero-order valence-corrected chi connectivity index (χ0v) is 17.0. The molecule has 0 aliphatic carbocycles. The SMILES string of the molecule is Cc1ccccc1-n1nnnc1S[C@@H](C)c1nc2sc(C)c(C)c2c(=O)[nH]1. The van der Waals surface area contributed by atoms with E-state index in [0.29, 0.717) is 16.4 Å². The minimum absolute atomic E-state index is 0.0946. The van der Waals surface area contributed by atoms with Crippen LogP contribution in [-0.4, -0.2) is 30.2 Å². The second kappa shape index (κ2) is 6.90. The first kappa shape index (κ1) is 17.9. The van der Waals surface area contributed by atoms with E-state index in [-0.39, 0.29) is 10.8 Å². The molecule has 1 N–H and O–H groups in total. The summed E-state index contributed by atoms with van der Waals surface area (Å²) in [4.78, 5) is 22.0. The largest absolute Gasteiger partial charge is 0.309 e. The van der Waals surface area contributed by atoms with Gasteiger partial charge in [0.1, 0.15) is 10.7 Å². The van der Waals surface area contributed by atoms with Crippen LogP contribution in [-0.2, 0) is 0 Å². The predicted octanol–water partition coefficient (Wildman–Crippen LogP) is 3.74. The number of thioether (sulfide) groups is 1. The average molecular weight is 399 g/mol. The molecule has 4 rings (SSSR count). The lowest BCUT2D eigenvalue weighted by Crippen LogP contribution is -2.13. The summed E-state index contributed by atoms with van der Waals surface area (Å²) in [7, 11) is 0. The molecule has 1 atom stereocenters. The van der Waals surface area contributed by atoms with Crippen molar-refractivity contribution in [3.8, 4) is 5.69 Å². The standard InChI is InChI=1S/C18H18N6OS2/c1-9-7-5-6-8-13(9)24-18(21-22-23-24)27-12(4)15-19-16(25)14-10(2)11(3)26-17(14)20-15/h5-8,12H,1-4H3,(H,19,20,25)/t12-/m0/s1. The summed E-state index contributed by atoms with van der Waals surface area (Å²) < 4.78 is 1.71. The van der Waals surface area contributed by atoms with Crippen molar-refractivity contribution >= 4 is 33.3 Å². The first-order valence-electron chi connectivity index (χ1n) is 8.46. The number of aromatic nitrogens is 6. The second-order valence-electron chi connectivity index (χ2n) is 6.33. The third kappa shape index (κ3) is 3.17. The molecular weight excluding hydrogens is 380 g/mol. The molecule has 138 valence electrons. The van der Waals surface area contributed by atoms with Gasteiger partial charge in [-0.2, -0.15) is 4.68 Å². The van der Waals surface area contributed by atoms with Gasteiger partial charge >= 0.3 is 0 Å². The summed E-state index contributed by atoms with van der Waals surface area (Å²) in [5.41, 5.74) is 2.91. The highest BCUT2D eigenvalue weighted by atomic mass is 32.2. The van der Waals surface area contributed by atoms with Gasteiger partial charge in [0.2, 0.25) is 5.16 Å². The van der Waals surface area contributed by atoms with Crippen LogP contribution in [0.4, 0.5) is 0 Å². The Labute approximate surface area is 163 Å². The Morgan fingerprint density at radius 3 is 2.78 bits per heavy atom. The summed E-state index contributed by atoms with van der Waals surface area (Å²) in [6.07, 6.45) is 0. The Morgan fingerprint density at radius 1 is 1.22 bits per heavy atom. The fourth-order valence-corrected chi connectivity index (χ4v) is 4.78. The quantitative estimate of drug-likeness (QED) is 0.527. The van der Waals surface area contributed by atoms with Crippen molar-refractivity contribution in [3.63, 3.8) is 0 Å². The number of H-pyrrole nitrogens is 1. The van der Waals surface area contributed by atoms with Crippen LogP contribution < -0.4 is 5.56 Å². The number of para-hydroxylation sites is 1. The van der Waals surface area contributed by atoms with Crippen LogP contribution in [0.2, 0.25) is 0 Å². The number of thiophene rings is 1. The lowest BCUT2D eigenvalue weighted by molar-refractivity contribution is 0.749. The number of benzene rings is 1. The van der Waals surface area contributed by atoms with E-state index in [1.165, 1.54) is 11.8 Å². The third-order valence-corrected chi connectivity index (χ3v) is 6.65. The molecule has 0 saturated heterocycles. The molecule has 0 radical (unpaired) electrons. The van der Waals surface area contributed by atoms with E-state index in [1.54, 1.807) is 16.0 Å². The number of hydrogen-bond acceptors (Lipinski definition) is 7. The van der Waals surface area contributed by atoms with Gasteiger partial charge in [-0.3, -0.25) is 4.79 Å². The topological polar surface area (TPSA) is 89.3 Å². The maximum Gasteiger partial charge on any atom is 0.259 e. The maximum atomic E-state index is 12.5. The van der Waals surface area contributed by atoms with Crippen LogP contribution in [0.1, 0.15) is 34.0 Å². The Hall–Kier alpha value is -2.52. The van der Waals surface area contributed by atoms with Gasteiger partial charge in [0.15, 0.2) is 0 Å². The van der Waals surface area contributed by atoms with Crippen LogP contribution in [0.5, 0.6) is 0 Å². The molecule has 0 spiro atoms. The molecular formula is C18H18N6OS2. The number of rotatable bonds is 4. The predicted molar refractivity (Wildman–Crippen MR) is 108 cm³/mol. The zero-order chi connectivity index (χ0) is 19.1. The van der Waals surface area contributed by atoms with Crippen molar-refractivity contribution in [2.45, 2.75) is 38.1 Å². The number of aryl methyl sites for hydroxylation is 3. The lowest BCUT2D eigenvalue weighted by atomic mass is 10.2. The Morgan fingerprint density at radius 2 is 2.00 bits per heavy atom. The van der Waals surface area contributed by atoms with Crippen LogP contribution in [0.15, 0.2) is 34.2 Å². The smallest absolute Gasteiger partial charge is 0.259 e. The van der Waals surface area contributed by atoms with Crippen molar-refractivity contribution in [2.75, 3.05) is 0 Å². The van der Waals surface area contributed by atoms with Crippen LogP contribution in [0.3, 0.4) is 0 Å². The highest BCUT2D eigenvalue weighted by molar-refractivity contribution is 7.99. The van der Waals surface area contributed by atoms with Crippen molar-refractivity contribution in [2.24, 2.45) is 0 Å². The number of hydrogen-bond donors (Lipinski definition) is 1. The molecule has 0 unspecified atom stereocenters. The molecule has 1 aromatic carbocycles. The molecule has 0 aliphatic rings. The molecule has 9 heteroatoms. The van der Waals surface area contributed by atoms with Gasteiger partial charge in [-0.25, -0.2) is 4.98 Å². The van der Waals surface area contributed by atoms with E-state index < -0.39 is 0 Å². The van der Waals surface area contributed by atoms with Gasteiger partial charge in [0.05, 0.1) is 16.3 Å². The minimum atomic E-state index is -0.112. The van der Waals surface area contributed by atoms with E-state index in [1.807, 2.05) is 52.0 Å². The molecule has 0 bridgehead atoms. The van der Waals surface area contributed by atoms with Gasteiger partial charge in [0.25, 0.3) is 5.56 Å². The maximum absolute atomic E-state index is 12.5. The van der Waals surface area contributed by atoms with Gasteiger partial charge in [0, 0.05) is 4.88 Å². The molecule has 27 heavy (non-hydrogen) atoms. The first-order valence-corrected chi connectivity index (χ1v) is 10.2. The Bertz CT molecular complexity index is 1190. The summed E-state index contributed by atoms with van der Waals surface area (Å²) in [5, 5.41) is 13.3. The normalized spacial score (nSPS) is 12.6. The van der Waals surface area contributed by atoms with E-state index in [4.69, 9.17) is 0 Å². The van der Waals surface area contributed by atoms with Crippen molar-refractivity contribution in [1.82, 2.24) is 30.2 Å². The monoisotopic (exact) mass is 398 g/mol. The van der Waals surface area contributed by atoms with Crippen molar-refractivity contribution in [3.05, 3.63) is 56.4 Å². The highest BCUT2D eigenvalue weighted by Crippen LogP contribution is 2.34. The second-order valence-corrected chi connectivity index (χ2v) is 8.85. The number of fused-ring (bicyclic) bond motifs is 1. The number of nitrogens with zero attached hydrogens (tertiary/aromatic N) is 5. The van der Waals surface area contributed by atoms with E-state index >= 15 is 0 Å². The van der Waals surface area contributed by atoms with E-state index in [2.05, 4.69) is 25.5 Å². The van der Waals surface area contributed by atoms with Gasteiger partial charge in [-0.15, -0.1) is 16.4 Å². The fourth-order valence-electron chi connectivity index (χ4n) is 2.88. The van der Waals surface area contributed by atoms with Gasteiger partial charge in [-0.1, -0.05) is 30.0 Å². The lowest BCUT2D eigenvalue weighted by Gasteiger charge is -2.11. The van der Waals surface area contributed by atoms with Crippen LogP contribution in [0, 0.1) is 20.8 Å². The number of tetrazole rings is 1. The van der Waals surface area contributed by atoms with Crippen molar-refractivity contribution < 1.29 is 0 Å². The zero-order valence-electron chi connectivity index (χ0n) is 15.3. The summed E-state index contributed by atoms with van der Waals surface area (Å²) in [6.45, 7) is 7.97. The Balaban J connectivity index is 1.69. The van der Waals surface area contributed by atoms with Gasteiger partial charge in [-0.05, 0) is 55.3 Å². The molecule has 0 saturated carbocycles. The van der Waals surface area contributed by atoms with E-state index in [9.17, 15) is 4.79 Å². The van der Waals surface area contributed by atoms with E-state index in [0.717, 1.165) is 26.5 Å². The third-order valence-electron chi connectivity index (χ3n) is 4.51. The van der Waals surface area contributed by atoms with Gasteiger partial charge < -0.3 is 4.98 Å². The first-order chi connectivity index (χ1) is 13.0.